The fourth-order valence-electron chi connectivity index (χ4n) is 2.79. The normalized spacial score (nSPS) is 19.2. The van der Waals surface area contributed by atoms with Gasteiger partial charge in [-0.15, -0.1) is 0 Å². The van der Waals surface area contributed by atoms with Crippen molar-refractivity contribution < 1.29 is 9.59 Å². The zero-order valence-electron chi connectivity index (χ0n) is 12.9. The van der Waals surface area contributed by atoms with Crippen molar-refractivity contribution in [1.29, 1.82) is 0 Å². The van der Waals surface area contributed by atoms with Gasteiger partial charge in [0.15, 0.2) is 0 Å². The predicted molar refractivity (Wildman–Crippen MR) is 82.9 cm³/mol. The topological polar surface area (TPSA) is 40.6 Å². The Morgan fingerprint density at radius 2 is 2.14 bits per heavy atom. The lowest BCUT2D eigenvalue weighted by molar-refractivity contribution is -0.133. The molecule has 0 bridgehead atoms. The number of aldehydes is 1. The molecule has 1 saturated heterocycles. The fourth-order valence-corrected chi connectivity index (χ4v) is 2.79. The number of likely N-dealkylation sites (N-methyl/N-ethyl adjacent to an activating group) is 1. The summed E-state index contributed by atoms with van der Waals surface area (Å²) >= 11 is 0. The van der Waals surface area contributed by atoms with E-state index in [1.807, 2.05) is 30.1 Å². The lowest BCUT2D eigenvalue weighted by Crippen LogP contribution is -2.46. The zero-order valence-corrected chi connectivity index (χ0v) is 12.9. The summed E-state index contributed by atoms with van der Waals surface area (Å²) in [5.74, 6) is 0.0759. The smallest absolute Gasteiger partial charge is 0.236 e. The number of benzene rings is 1. The van der Waals surface area contributed by atoms with Crippen molar-refractivity contribution in [3.8, 4) is 0 Å². The predicted octanol–water partition coefficient (Wildman–Crippen LogP) is 2.01. The van der Waals surface area contributed by atoms with Gasteiger partial charge < -0.3 is 9.69 Å². The van der Waals surface area contributed by atoms with Crippen molar-refractivity contribution in [2.45, 2.75) is 38.8 Å². The van der Waals surface area contributed by atoms with E-state index in [4.69, 9.17) is 0 Å². The molecule has 114 valence electrons. The van der Waals surface area contributed by atoms with Crippen LogP contribution in [-0.2, 0) is 16.1 Å². The molecule has 1 aliphatic heterocycles. The van der Waals surface area contributed by atoms with Crippen LogP contribution in [0.25, 0.3) is 0 Å². The Balaban J connectivity index is 1.93. The van der Waals surface area contributed by atoms with Crippen LogP contribution in [0.15, 0.2) is 24.3 Å². The Morgan fingerprint density at radius 1 is 1.38 bits per heavy atom. The van der Waals surface area contributed by atoms with Gasteiger partial charge in [0.25, 0.3) is 0 Å². The maximum absolute atomic E-state index is 12.4. The molecule has 0 aromatic heterocycles. The van der Waals surface area contributed by atoms with E-state index in [1.54, 1.807) is 4.90 Å². The number of piperidine rings is 1. The number of rotatable bonds is 5. The summed E-state index contributed by atoms with van der Waals surface area (Å²) in [5, 5.41) is 0. The molecule has 0 N–H and O–H groups in total. The van der Waals surface area contributed by atoms with Crippen molar-refractivity contribution in [3.63, 3.8) is 0 Å². The second-order valence-corrected chi connectivity index (χ2v) is 5.85. The molecule has 1 aromatic rings. The average Bonchev–Trinajstić information content (AvgIpc) is 2.50. The molecule has 1 amide bonds. The monoisotopic (exact) mass is 288 g/mol. The Kier molecular flexibility index (Phi) is 5.51. The van der Waals surface area contributed by atoms with E-state index >= 15 is 0 Å². The van der Waals surface area contributed by atoms with Crippen molar-refractivity contribution in [2.24, 2.45) is 0 Å². The van der Waals surface area contributed by atoms with Gasteiger partial charge in [-0.05, 0) is 37.4 Å². The third-order valence-electron chi connectivity index (χ3n) is 4.25. The molecule has 4 nitrogen and oxygen atoms in total. The largest absolute Gasteiger partial charge is 0.340 e. The Labute approximate surface area is 126 Å². The SMILES string of the molecule is Cc1ccccc1CN(C)C(=O)CN1CCCCC1C=O. The molecule has 0 spiro atoms. The zero-order chi connectivity index (χ0) is 15.2. The van der Waals surface area contributed by atoms with Gasteiger partial charge in [0.2, 0.25) is 5.91 Å². The summed E-state index contributed by atoms with van der Waals surface area (Å²) in [4.78, 5) is 27.2. The first-order chi connectivity index (χ1) is 10.1. The van der Waals surface area contributed by atoms with Crippen molar-refractivity contribution >= 4 is 12.2 Å². The summed E-state index contributed by atoms with van der Waals surface area (Å²) in [6.45, 7) is 3.85. The number of carbonyl (C=O) groups excluding carboxylic acids is 2. The van der Waals surface area contributed by atoms with E-state index in [0.29, 0.717) is 13.1 Å². The highest BCUT2D eigenvalue weighted by molar-refractivity contribution is 5.78. The van der Waals surface area contributed by atoms with Gasteiger partial charge in [-0.3, -0.25) is 9.69 Å². The van der Waals surface area contributed by atoms with Gasteiger partial charge >= 0.3 is 0 Å². The summed E-state index contributed by atoms with van der Waals surface area (Å²) in [5.41, 5.74) is 2.36. The molecule has 1 fully saturated rings. The van der Waals surface area contributed by atoms with E-state index in [-0.39, 0.29) is 11.9 Å². The molecule has 1 heterocycles. The lowest BCUT2D eigenvalue weighted by Gasteiger charge is -2.32. The summed E-state index contributed by atoms with van der Waals surface area (Å²) in [6.07, 6.45) is 4.00. The highest BCUT2D eigenvalue weighted by Crippen LogP contribution is 2.16. The average molecular weight is 288 g/mol. The first kappa shape index (κ1) is 15.7. The van der Waals surface area contributed by atoms with Crippen LogP contribution in [0.5, 0.6) is 0 Å². The van der Waals surface area contributed by atoms with Gasteiger partial charge in [0.05, 0.1) is 12.6 Å². The number of hydrogen-bond acceptors (Lipinski definition) is 3. The number of hydrogen-bond donors (Lipinski definition) is 0. The Morgan fingerprint density at radius 3 is 2.86 bits per heavy atom. The molecule has 0 saturated carbocycles. The number of likely N-dealkylation sites (tertiary alicyclic amines) is 1. The quantitative estimate of drug-likeness (QED) is 0.778. The van der Waals surface area contributed by atoms with Gasteiger partial charge in [-0.1, -0.05) is 30.7 Å². The first-order valence-corrected chi connectivity index (χ1v) is 7.59. The summed E-state index contributed by atoms with van der Waals surface area (Å²) < 4.78 is 0. The third-order valence-corrected chi connectivity index (χ3v) is 4.25. The van der Waals surface area contributed by atoms with Crippen LogP contribution in [-0.4, -0.2) is 48.2 Å². The first-order valence-electron chi connectivity index (χ1n) is 7.59. The minimum Gasteiger partial charge on any atom is -0.340 e. The minimum atomic E-state index is -0.0884. The molecule has 1 aromatic carbocycles. The molecule has 0 radical (unpaired) electrons. The van der Waals surface area contributed by atoms with E-state index < -0.39 is 0 Å². The van der Waals surface area contributed by atoms with Gasteiger partial charge in [-0.2, -0.15) is 0 Å². The van der Waals surface area contributed by atoms with Gasteiger partial charge in [0.1, 0.15) is 6.29 Å². The van der Waals surface area contributed by atoms with E-state index in [9.17, 15) is 9.59 Å². The Bertz CT molecular complexity index is 501. The van der Waals surface area contributed by atoms with Crippen LogP contribution in [0.1, 0.15) is 30.4 Å². The van der Waals surface area contributed by atoms with Gasteiger partial charge in [0, 0.05) is 13.6 Å². The van der Waals surface area contributed by atoms with Crippen LogP contribution in [0.3, 0.4) is 0 Å². The van der Waals surface area contributed by atoms with Crippen LogP contribution in [0.2, 0.25) is 0 Å². The number of nitrogens with zero attached hydrogens (tertiary/aromatic N) is 2. The molecule has 1 unspecified atom stereocenters. The van der Waals surface area contributed by atoms with E-state index in [1.165, 1.54) is 11.1 Å². The second kappa shape index (κ2) is 7.36. The number of aryl methyl sites for hydroxylation is 1. The van der Waals surface area contributed by atoms with E-state index in [0.717, 1.165) is 32.1 Å². The molecule has 2 rings (SSSR count). The Hall–Kier alpha value is -1.68. The van der Waals surface area contributed by atoms with Crippen molar-refractivity contribution in [3.05, 3.63) is 35.4 Å². The molecule has 21 heavy (non-hydrogen) atoms. The second-order valence-electron chi connectivity index (χ2n) is 5.85. The number of carbonyl (C=O) groups is 2. The fraction of sp³-hybridized carbons (Fsp3) is 0.529. The molecule has 4 heteroatoms. The minimum absolute atomic E-state index is 0.0759. The molecular formula is C17H24N2O2. The van der Waals surface area contributed by atoms with Crippen LogP contribution in [0.4, 0.5) is 0 Å². The number of amides is 1. The lowest BCUT2D eigenvalue weighted by atomic mass is 10.0. The molecule has 0 aliphatic carbocycles. The molecule has 1 atom stereocenters. The van der Waals surface area contributed by atoms with Crippen molar-refractivity contribution in [2.75, 3.05) is 20.1 Å². The highest BCUT2D eigenvalue weighted by atomic mass is 16.2. The summed E-state index contributed by atoms with van der Waals surface area (Å²) in [6, 6.07) is 8.01. The highest BCUT2D eigenvalue weighted by Gasteiger charge is 2.24. The maximum Gasteiger partial charge on any atom is 0.236 e. The van der Waals surface area contributed by atoms with Gasteiger partial charge in [-0.25, -0.2) is 0 Å². The third kappa shape index (κ3) is 4.14. The van der Waals surface area contributed by atoms with E-state index in [2.05, 4.69) is 13.0 Å². The maximum atomic E-state index is 12.4. The van der Waals surface area contributed by atoms with Crippen LogP contribution < -0.4 is 0 Å². The molecular weight excluding hydrogens is 264 g/mol. The molecule has 1 aliphatic rings. The van der Waals surface area contributed by atoms with Crippen LogP contribution in [0, 0.1) is 6.92 Å². The van der Waals surface area contributed by atoms with Crippen molar-refractivity contribution in [1.82, 2.24) is 9.80 Å². The summed E-state index contributed by atoms with van der Waals surface area (Å²) in [7, 11) is 1.83. The standard InChI is InChI=1S/C17H24N2O2/c1-14-7-3-4-8-15(14)11-18(2)17(21)12-19-10-6-5-9-16(19)13-20/h3-4,7-8,13,16H,5-6,9-12H2,1-2H3. The van der Waals surface area contributed by atoms with Crippen LogP contribution >= 0.6 is 0 Å².